The average molecular weight is 227 g/mol. The van der Waals surface area contributed by atoms with Gasteiger partial charge in [0.1, 0.15) is 0 Å². The number of aliphatic hydroxyl groups is 1. The van der Waals surface area contributed by atoms with Crippen molar-refractivity contribution in [3.8, 4) is 0 Å². The van der Waals surface area contributed by atoms with Gasteiger partial charge >= 0.3 is 0 Å². The Kier molecular flexibility index (Phi) is 4.18. The maximum Gasteiger partial charge on any atom is 0.0790 e. The number of aliphatic hydroxyl groups excluding tert-OH is 1. The van der Waals surface area contributed by atoms with Gasteiger partial charge in [0.05, 0.1) is 6.10 Å². The molecule has 84 valence electrons. The van der Waals surface area contributed by atoms with E-state index < -0.39 is 6.10 Å². The second-order valence-electron chi connectivity index (χ2n) is 5.17. The van der Waals surface area contributed by atoms with Gasteiger partial charge in [-0.2, -0.15) is 0 Å². The van der Waals surface area contributed by atoms with E-state index in [-0.39, 0.29) is 5.41 Å². The third kappa shape index (κ3) is 4.67. The van der Waals surface area contributed by atoms with Gasteiger partial charge in [0, 0.05) is 5.02 Å². The lowest BCUT2D eigenvalue weighted by atomic mass is 9.88. The molecule has 0 saturated carbocycles. The first-order valence-corrected chi connectivity index (χ1v) is 5.70. The highest BCUT2D eigenvalue weighted by Gasteiger charge is 2.14. The van der Waals surface area contributed by atoms with Crippen LogP contribution in [-0.2, 0) is 0 Å². The lowest BCUT2D eigenvalue weighted by Crippen LogP contribution is -2.08. The third-order valence-electron chi connectivity index (χ3n) is 2.40. The first kappa shape index (κ1) is 12.5. The van der Waals surface area contributed by atoms with Gasteiger partial charge in [0.2, 0.25) is 0 Å². The largest absolute Gasteiger partial charge is 0.388 e. The monoisotopic (exact) mass is 226 g/mol. The van der Waals surface area contributed by atoms with Crippen molar-refractivity contribution >= 4 is 11.6 Å². The predicted molar refractivity (Wildman–Crippen MR) is 65.1 cm³/mol. The summed E-state index contributed by atoms with van der Waals surface area (Å²) in [5.74, 6) is 0. The van der Waals surface area contributed by atoms with Crippen molar-refractivity contribution in [2.75, 3.05) is 0 Å². The molecule has 1 nitrogen and oxygen atoms in total. The van der Waals surface area contributed by atoms with Gasteiger partial charge in [-0.15, -0.1) is 0 Å². The van der Waals surface area contributed by atoms with E-state index >= 15 is 0 Å². The molecule has 0 aliphatic carbocycles. The second kappa shape index (κ2) is 5.00. The molecule has 0 bridgehead atoms. The second-order valence-corrected chi connectivity index (χ2v) is 5.61. The number of benzene rings is 1. The minimum absolute atomic E-state index is 0.263. The summed E-state index contributed by atoms with van der Waals surface area (Å²) in [5, 5.41) is 10.6. The van der Waals surface area contributed by atoms with Gasteiger partial charge in [-0.1, -0.05) is 44.5 Å². The fourth-order valence-corrected chi connectivity index (χ4v) is 1.65. The van der Waals surface area contributed by atoms with Crippen LogP contribution >= 0.6 is 11.6 Å². The van der Waals surface area contributed by atoms with Crippen molar-refractivity contribution in [1.82, 2.24) is 0 Å². The lowest BCUT2D eigenvalue weighted by Gasteiger charge is -2.20. The normalized spacial score (nSPS) is 13.9. The minimum atomic E-state index is -0.400. The molecule has 0 heterocycles. The van der Waals surface area contributed by atoms with Crippen molar-refractivity contribution in [3.05, 3.63) is 34.9 Å². The molecule has 0 aliphatic rings. The molecule has 0 spiro atoms. The first-order valence-electron chi connectivity index (χ1n) is 5.32. The van der Waals surface area contributed by atoms with Crippen LogP contribution in [0.3, 0.4) is 0 Å². The molecular weight excluding hydrogens is 208 g/mol. The predicted octanol–water partition coefficient (Wildman–Crippen LogP) is 4.20. The number of hydrogen-bond donors (Lipinski definition) is 1. The van der Waals surface area contributed by atoms with Crippen molar-refractivity contribution in [1.29, 1.82) is 0 Å². The van der Waals surface area contributed by atoms with Crippen molar-refractivity contribution in [3.63, 3.8) is 0 Å². The van der Waals surface area contributed by atoms with Crippen LogP contribution in [0.2, 0.25) is 5.02 Å². The van der Waals surface area contributed by atoms with Crippen LogP contribution in [0.15, 0.2) is 24.3 Å². The van der Waals surface area contributed by atoms with E-state index in [9.17, 15) is 5.11 Å². The van der Waals surface area contributed by atoms with Crippen LogP contribution in [0.1, 0.15) is 45.3 Å². The topological polar surface area (TPSA) is 20.2 Å². The molecule has 1 unspecified atom stereocenters. The highest BCUT2D eigenvalue weighted by atomic mass is 35.5. The maximum atomic E-state index is 9.95. The standard InChI is InChI=1S/C13H19ClO/c1-13(2,3)8-7-12(15)10-5-4-6-11(14)9-10/h4-6,9,12,15H,7-8H2,1-3H3. The van der Waals surface area contributed by atoms with E-state index in [4.69, 9.17) is 11.6 Å². The van der Waals surface area contributed by atoms with E-state index in [2.05, 4.69) is 20.8 Å². The lowest BCUT2D eigenvalue weighted by molar-refractivity contribution is 0.147. The molecule has 0 aliphatic heterocycles. The van der Waals surface area contributed by atoms with Crippen LogP contribution in [0.25, 0.3) is 0 Å². The van der Waals surface area contributed by atoms with Gasteiger partial charge < -0.3 is 5.11 Å². The molecular formula is C13H19ClO. The smallest absolute Gasteiger partial charge is 0.0790 e. The fourth-order valence-electron chi connectivity index (χ4n) is 1.45. The molecule has 1 N–H and O–H groups in total. The summed E-state index contributed by atoms with van der Waals surface area (Å²) in [6.45, 7) is 6.53. The SMILES string of the molecule is CC(C)(C)CCC(O)c1cccc(Cl)c1. The molecule has 0 saturated heterocycles. The van der Waals surface area contributed by atoms with Crippen LogP contribution in [0, 0.1) is 5.41 Å². The Balaban J connectivity index is 2.58. The summed E-state index contributed by atoms with van der Waals surface area (Å²) in [6, 6.07) is 7.44. The molecule has 0 fully saturated rings. The Morgan fingerprint density at radius 3 is 2.53 bits per heavy atom. The van der Waals surface area contributed by atoms with Crippen LogP contribution < -0.4 is 0 Å². The quantitative estimate of drug-likeness (QED) is 0.819. The van der Waals surface area contributed by atoms with E-state index in [0.29, 0.717) is 5.02 Å². The van der Waals surface area contributed by atoms with Gasteiger partial charge in [0.25, 0.3) is 0 Å². The molecule has 2 heteroatoms. The van der Waals surface area contributed by atoms with Gasteiger partial charge in [-0.05, 0) is 36.0 Å². The van der Waals surface area contributed by atoms with Gasteiger partial charge in [-0.25, -0.2) is 0 Å². The molecule has 0 amide bonds. The minimum Gasteiger partial charge on any atom is -0.388 e. The Hall–Kier alpha value is -0.530. The van der Waals surface area contributed by atoms with E-state index in [0.717, 1.165) is 18.4 Å². The molecule has 0 radical (unpaired) electrons. The summed E-state index contributed by atoms with van der Waals surface area (Å²) >= 11 is 5.87. The fraction of sp³-hybridized carbons (Fsp3) is 0.538. The Morgan fingerprint density at radius 2 is 2.00 bits per heavy atom. The molecule has 0 aromatic heterocycles. The molecule has 1 aromatic rings. The number of hydrogen-bond acceptors (Lipinski definition) is 1. The van der Waals surface area contributed by atoms with Gasteiger partial charge in [-0.3, -0.25) is 0 Å². The van der Waals surface area contributed by atoms with Crippen molar-refractivity contribution < 1.29 is 5.11 Å². The van der Waals surface area contributed by atoms with E-state index in [1.807, 2.05) is 24.3 Å². The maximum absolute atomic E-state index is 9.95. The highest BCUT2D eigenvalue weighted by molar-refractivity contribution is 6.30. The average Bonchev–Trinajstić information content (AvgIpc) is 2.13. The summed E-state index contributed by atoms with van der Waals surface area (Å²) in [4.78, 5) is 0. The summed E-state index contributed by atoms with van der Waals surface area (Å²) < 4.78 is 0. The summed E-state index contributed by atoms with van der Waals surface area (Å²) in [7, 11) is 0. The Labute approximate surface area is 97.1 Å². The first-order chi connectivity index (χ1) is 6.88. The molecule has 1 atom stereocenters. The molecule has 1 aromatic carbocycles. The van der Waals surface area contributed by atoms with E-state index in [1.54, 1.807) is 0 Å². The summed E-state index contributed by atoms with van der Waals surface area (Å²) in [6.07, 6.45) is 1.38. The zero-order valence-corrected chi connectivity index (χ0v) is 10.4. The number of halogens is 1. The van der Waals surface area contributed by atoms with Crippen LogP contribution in [-0.4, -0.2) is 5.11 Å². The zero-order chi connectivity index (χ0) is 11.5. The zero-order valence-electron chi connectivity index (χ0n) is 9.63. The summed E-state index contributed by atoms with van der Waals surface area (Å²) in [5.41, 5.74) is 1.17. The molecule has 1 rings (SSSR count). The highest BCUT2D eigenvalue weighted by Crippen LogP contribution is 2.28. The van der Waals surface area contributed by atoms with Crippen molar-refractivity contribution in [2.24, 2.45) is 5.41 Å². The van der Waals surface area contributed by atoms with Crippen molar-refractivity contribution in [2.45, 2.75) is 39.7 Å². The molecule has 15 heavy (non-hydrogen) atoms. The van der Waals surface area contributed by atoms with Crippen LogP contribution in [0.4, 0.5) is 0 Å². The van der Waals surface area contributed by atoms with Crippen LogP contribution in [0.5, 0.6) is 0 Å². The van der Waals surface area contributed by atoms with Gasteiger partial charge in [0.15, 0.2) is 0 Å². The van der Waals surface area contributed by atoms with E-state index in [1.165, 1.54) is 0 Å². The number of rotatable bonds is 3. The Bertz CT molecular complexity index is 315. The third-order valence-corrected chi connectivity index (χ3v) is 2.64. The Morgan fingerprint density at radius 1 is 1.33 bits per heavy atom.